The lowest BCUT2D eigenvalue weighted by molar-refractivity contribution is -0.154. The molecule has 3 aliphatic rings. The highest BCUT2D eigenvalue weighted by Gasteiger charge is 2.56. The van der Waals surface area contributed by atoms with Crippen molar-refractivity contribution >= 4 is 29.0 Å². The molecule has 0 aliphatic heterocycles. The van der Waals surface area contributed by atoms with Gasteiger partial charge in [0.15, 0.2) is 0 Å². The van der Waals surface area contributed by atoms with Crippen LogP contribution in [0.15, 0.2) is 18.3 Å². The standard InChI is InChI=1S/C25H28N4O3S/c1-13(30)32-22-7-6-19-16-5-4-14-10-21(31-3)18(11-17(14)15(16)8-9-25(19,22)2)20-12-26-23-24(27-20)29-33-28-23/h10-12,15-16,19,22H,4-9H2,1-3H3. The number of fused-ring (bicyclic) bond motifs is 6. The number of nitrogens with zero attached hydrogens (tertiary/aromatic N) is 4. The van der Waals surface area contributed by atoms with Crippen molar-refractivity contribution in [2.75, 3.05) is 7.11 Å². The molecule has 3 aromatic rings. The maximum absolute atomic E-state index is 11.7. The SMILES string of the molecule is COc1cc2c(cc1-c1cnc3nsnc3n1)C1CCC3(C)C(OC(C)=O)CCC3C1CC2. The Morgan fingerprint density at radius 3 is 2.82 bits per heavy atom. The molecule has 0 saturated heterocycles. The van der Waals surface area contributed by atoms with E-state index in [4.69, 9.17) is 14.5 Å². The number of benzene rings is 1. The summed E-state index contributed by atoms with van der Waals surface area (Å²) in [6.45, 7) is 3.90. The van der Waals surface area contributed by atoms with E-state index in [9.17, 15) is 4.79 Å². The third kappa shape index (κ3) is 3.25. The van der Waals surface area contributed by atoms with Crippen LogP contribution in [0.5, 0.6) is 5.75 Å². The third-order valence-electron chi connectivity index (χ3n) is 8.53. The number of ether oxygens (including phenoxy) is 2. The summed E-state index contributed by atoms with van der Waals surface area (Å²) in [6, 6.07) is 4.50. The summed E-state index contributed by atoms with van der Waals surface area (Å²) in [4.78, 5) is 20.9. The van der Waals surface area contributed by atoms with Crippen LogP contribution in [-0.4, -0.2) is 37.9 Å². The Hall–Kier alpha value is -2.61. The lowest BCUT2D eigenvalue weighted by Crippen LogP contribution is -2.45. The molecule has 0 amide bonds. The molecule has 5 atom stereocenters. The monoisotopic (exact) mass is 464 g/mol. The second kappa shape index (κ2) is 7.72. The van der Waals surface area contributed by atoms with Crippen molar-refractivity contribution in [2.24, 2.45) is 17.3 Å². The van der Waals surface area contributed by atoms with Crippen molar-refractivity contribution < 1.29 is 14.3 Å². The van der Waals surface area contributed by atoms with Crippen LogP contribution in [0.25, 0.3) is 22.6 Å². The Kier molecular flexibility index (Phi) is 4.90. The highest BCUT2D eigenvalue weighted by Crippen LogP contribution is 2.62. The summed E-state index contributed by atoms with van der Waals surface area (Å²) in [6.07, 6.45) is 8.41. The number of methoxy groups -OCH3 is 1. The van der Waals surface area contributed by atoms with E-state index in [1.807, 2.05) is 0 Å². The van der Waals surface area contributed by atoms with Gasteiger partial charge in [0.2, 0.25) is 11.3 Å². The fourth-order valence-corrected chi connectivity index (χ4v) is 7.49. The third-order valence-corrected chi connectivity index (χ3v) is 9.04. The van der Waals surface area contributed by atoms with E-state index >= 15 is 0 Å². The maximum Gasteiger partial charge on any atom is 0.302 e. The van der Waals surface area contributed by atoms with Crippen LogP contribution in [0.3, 0.4) is 0 Å². The number of carbonyl (C=O) groups excluding carboxylic acids is 1. The molecule has 2 saturated carbocycles. The summed E-state index contributed by atoms with van der Waals surface area (Å²) in [5, 5.41) is 0. The van der Waals surface area contributed by atoms with Gasteiger partial charge in [-0.25, -0.2) is 9.97 Å². The fourth-order valence-electron chi connectivity index (χ4n) is 7.04. The molecule has 6 rings (SSSR count). The summed E-state index contributed by atoms with van der Waals surface area (Å²) >= 11 is 1.13. The predicted octanol–water partition coefficient (Wildman–Crippen LogP) is 4.94. The van der Waals surface area contributed by atoms with Gasteiger partial charge in [-0.15, -0.1) is 0 Å². The number of aromatic nitrogens is 4. The van der Waals surface area contributed by atoms with Crippen molar-refractivity contribution in [1.29, 1.82) is 0 Å². The van der Waals surface area contributed by atoms with E-state index in [2.05, 4.69) is 32.8 Å². The molecule has 0 radical (unpaired) electrons. The Labute approximate surface area is 197 Å². The molecule has 2 aromatic heterocycles. The van der Waals surface area contributed by atoms with Crippen LogP contribution in [0.2, 0.25) is 0 Å². The molecule has 3 aliphatic carbocycles. The van der Waals surface area contributed by atoms with Gasteiger partial charge >= 0.3 is 5.97 Å². The Balaban J connectivity index is 1.38. The lowest BCUT2D eigenvalue weighted by atomic mass is 9.55. The quantitative estimate of drug-likeness (QED) is 0.507. The van der Waals surface area contributed by atoms with Crippen molar-refractivity contribution in [3.8, 4) is 17.0 Å². The van der Waals surface area contributed by atoms with Crippen molar-refractivity contribution in [3.05, 3.63) is 29.5 Å². The zero-order valence-electron chi connectivity index (χ0n) is 19.2. The fraction of sp³-hybridized carbons (Fsp3) is 0.560. The molecular weight excluding hydrogens is 436 g/mol. The van der Waals surface area contributed by atoms with E-state index in [0.29, 0.717) is 29.0 Å². The topological polar surface area (TPSA) is 87.1 Å². The average molecular weight is 465 g/mol. The smallest absolute Gasteiger partial charge is 0.302 e. The minimum absolute atomic E-state index is 0.0579. The Morgan fingerprint density at radius 2 is 2.00 bits per heavy atom. The number of rotatable bonds is 3. The van der Waals surface area contributed by atoms with Crippen LogP contribution >= 0.6 is 11.7 Å². The molecule has 5 unspecified atom stereocenters. The first-order valence-electron chi connectivity index (χ1n) is 11.8. The summed E-state index contributed by atoms with van der Waals surface area (Å²) < 4.78 is 20.0. The van der Waals surface area contributed by atoms with Crippen LogP contribution < -0.4 is 4.74 Å². The van der Waals surface area contributed by atoms with Gasteiger partial charge in [-0.05, 0) is 79.5 Å². The normalized spacial score (nSPS) is 30.4. The molecule has 0 bridgehead atoms. The summed E-state index contributed by atoms with van der Waals surface area (Å²) in [7, 11) is 1.72. The van der Waals surface area contributed by atoms with E-state index in [-0.39, 0.29) is 17.5 Å². The molecule has 172 valence electrons. The van der Waals surface area contributed by atoms with Crippen LogP contribution in [-0.2, 0) is 16.0 Å². The highest BCUT2D eigenvalue weighted by atomic mass is 32.1. The minimum Gasteiger partial charge on any atom is -0.496 e. The van der Waals surface area contributed by atoms with Gasteiger partial charge in [-0.3, -0.25) is 4.79 Å². The predicted molar refractivity (Wildman–Crippen MR) is 125 cm³/mol. The first kappa shape index (κ1) is 21.0. The van der Waals surface area contributed by atoms with Gasteiger partial charge in [-0.1, -0.05) is 6.92 Å². The van der Waals surface area contributed by atoms with Crippen LogP contribution in [0, 0.1) is 17.3 Å². The van der Waals surface area contributed by atoms with Crippen molar-refractivity contribution in [2.45, 2.75) is 64.4 Å². The first-order chi connectivity index (χ1) is 16.0. The minimum atomic E-state index is -0.150. The van der Waals surface area contributed by atoms with Crippen molar-refractivity contribution in [1.82, 2.24) is 18.7 Å². The van der Waals surface area contributed by atoms with Gasteiger partial charge in [0.25, 0.3) is 0 Å². The highest BCUT2D eigenvalue weighted by molar-refractivity contribution is 6.99. The zero-order chi connectivity index (χ0) is 22.7. The molecular formula is C25H28N4O3S. The number of carbonyl (C=O) groups is 1. The number of hydrogen-bond donors (Lipinski definition) is 0. The maximum atomic E-state index is 11.7. The Bertz CT molecular complexity index is 1240. The number of aryl methyl sites for hydroxylation is 1. The molecule has 33 heavy (non-hydrogen) atoms. The second-order valence-corrected chi connectivity index (χ2v) is 10.6. The van der Waals surface area contributed by atoms with Gasteiger partial charge in [-0.2, -0.15) is 8.75 Å². The summed E-state index contributed by atoms with van der Waals surface area (Å²) in [5.41, 5.74) is 5.80. The molecule has 2 heterocycles. The van der Waals surface area contributed by atoms with Crippen LogP contribution in [0.1, 0.15) is 63.0 Å². The lowest BCUT2D eigenvalue weighted by Gasteiger charge is -2.50. The largest absolute Gasteiger partial charge is 0.496 e. The zero-order valence-corrected chi connectivity index (χ0v) is 20.0. The van der Waals surface area contributed by atoms with E-state index in [1.165, 1.54) is 24.5 Å². The number of esters is 1. The van der Waals surface area contributed by atoms with Gasteiger partial charge in [0.1, 0.15) is 11.9 Å². The average Bonchev–Trinajstić information content (AvgIpc) is 3.41. The van der Waals surface area contributed by atoms with Gasteiger partial charge in [0.05, 0.1) is 30.7 Å². The first-order valence-corrected chi connectivity index (χ1v) is 12.5. The van der Waals surface area contributed by atoms with Gasteiger partial charge < -0.3 is 9.47 Å². The van der Waals surface area contributed by atoms with Gasteiger partial charge in [0, 0.05) is 17.9 Å². The molecule has 0 spiro atoms. The molecule has 7 nitrogen and oxygen atoms in total. The van der Waals surface area contributed by atoms with Crippen LogP contribution in [0.4, 0.5) is 0 Å². The van der Waals surface area contributed by atoms with E-state index in [1.54, 1.807) is 13.3 Å². The molecule has 8 heteroatoms. The van der Waals surface area contributed by atoms with E-state index < -0.39 is 0 Å². The molecule has 2 fully saturated rings. The van der Waals surface area contributed by atoms with E-state index in [0.717, 1.165) is 60.8 Å². The second-order valence-electron chi connectivity index (χ2n) is 10.1. The van der Waals surface area contributed by atoms with Crippen molar-refractivity contribution in [3.63, 3.8) is 0 Å². The summed E-state index contributed by atoms with van der Waals surface area (Å²) in [5.74, 6) is 2.42. The molecule has 1 aromatic carbocycles. The molecule has 0 N–H and O–H groups in total. The number of hydrogen-bond acceptors (Lipinski definition) is 8. The Morgan fingerprint density at radius 1 is 1.15 bits per heavy atom.